The van der Waals surface area contributed by atoms with Gasteiger partial charge in [0.05, 0.1) is 29.2 Å². The number of anilines is 1. The monoisotopic (exact) mass is 553 g/mol. The second kappa shape index (κ2) is 12.7. The molecule has 8 heteroatoms. The van der Waals surface area contributed by atoms with E-state index in [-0.39, 0.29) is 29.6 Å². The Labute approximate surface area is 237 Å². The molecule has 0 aromatic heterocycles. The molecule has 7 nitrogen and oxygen atoms in total. The zero-order valence-corrected chi connectivity index (χ0v) is 24.2. The number of fused-ring (bicyclic) bond motifs is 1. The lowest BCUT2D eigenvalue weighted by Gasteiger charge is -2.39. The number of carbonyl (C=O) groups excluding carboxylic acids is 3. The molecule has 1 aromatic carbocycles. The normalized spacial score (nSPS) is 27.8. The van der Waals surface area contributed by atoms with Crippen molar-refractivity contribution in [3.8, 4) is 0 Å². The Balaban J connectivity index is 1.74. The molecule has 6 atom stereocenters. The third kappa shape index (κ3) is 5.18. The van der Waals surface area contributed by atoms with E-state index >= 15 is 0 Å². The number of aliphatic hydroxyl groups is 1. The van der Waals surface area contributed by atoms with E-state index in [0.717, 1.165) is 31.4 Å². The van der Waals surface area contributed by atoms with Crippen molar-refractivity contribution >= 4 is 35.2 Å². The molecule has 3 saturated heterocycles. The number of unbranched alkanes of at least 4 members (excludes halogenated alkanes) is 2. The van der Waals surface area contributed by atoms with Gasteiger partial charge in [-0.1, -0.05) is 57.0 Å². The van der Waals surface area contributed by atoms with Gasteiger partial charge in [-0.15, -0.1) is 24.9 Å². The Morgan fingerprint density at radius 3 is 2.49 bits per heavy atom. The maximum absolute atomic E-state index is 14.4. The SMILES string of the molecule is C=CCN(CCCCC)C(=O)C1N([C@@H](CC)CO)C(=O)[C@@H]2[C@@H](C(=O)N(CC=C)c3ccccc3)[C@H]3CCC12S3. The third-order valence-electron chi connectivity index (χ3n) is 8.67. The summed E-state index contributed by atoms with van der Waals surface area (Å²) < 4.78 is -0.678. The molecule has 3 heterocycles. The lowest BCUT2D eigenvalue weighted by molar-refractivity contribution is -0.145. The number of hydrogen-bond acceptors (Lipinski definition) is 5. The van der Waals surface area contributed by atoms with Gasteiger partial charge in [0.15, 0.2) is 0 Å². The summed E-state index contributed by atoms with van der Waals surface area (Å²) in [6.07, 6.45) is 8.42. The average molecular weight is 554 g/mol. The van der Waals surface area contributed by atoms with Crippen molar-refractivity contribution in [1.29, 1.82) is 0 Å². The summed E-state index contributed by atoms with van der Waals surface area (Å²) in [5.74, 6) is -1.46. The van der Waals surface area contributed by atoms with Crippen LogP contribution in [0.5, 0.6) is 0 Å². The van der Waals surface area contributed by atoms with E-state index in [0.29, 0.717) is 32.5 Å². The first-order valence-corrected chi connectivity index (χ1v) is 15.3. The highest BCUT2D eigenvalue weighted by atomic mass is 32.2. The number of thioether (sulfide) groups is 1. The van der Waals surface area contributed by atoms with E-state index < -0.39 is 28.7 Å². The Morgan fingerprint density at radius 2 is 1.87 bits per heavy atom. The molecular formula is C31H43N3O4S. The minimum absolute atomic E-state index is 0.0259. The standard InChI is InChI=1S/C31H43N3O4S/c1-5-9-13-20-32(18-6-2)30(38)27-31-17-16-24(39-31)25(26(31)29(37)34(27)22(8-4)21-35)28(36)33(19-7-3)23-14-11-10-12-15-23/h6-7,10-12,14-15,22,24-27,35H,2-3,5,8-9,13,16-21H2,1,4H3/t22-,24+,25-,26-,27?,31?/m0/s1. The Kier molecular flexibility index (Phi) is 9.60. The van der Waals surface area contributed by atoms with Crippen molar-refractivity contribution in [3.05, 3.63) is 55.6 Å². The number of hydrogen-bond donors (Lipinski definition) is 1. The molecule has 3 aliphatic heterocycles. The van der Waals surface area contributed by atoms with Gasteiger partial charge in [-0.05, 0) is 37.8 Å². The highest BCUT2D eigenvalue weighted by Crippen LogP contribution is 2.67. The van der Waals surface area contributed by atoms with Crippen LogP contribution in [0.3, 0.4) is 0 Å². The molecule has 1 N–H and O–H groups in total. The lowest BCUT2D eigenvalue weighted by atomic mass is 9.70. The fraction of sp³-hybridized carbons (Fsp3) is 0.581. The van der Waals surface area contributed by atoms with Crippen LogP contribution in [0.2, 0.25) is 0 Å². The average Bonchev–Trinajstić information content (AvgIpc) is 3.59. The molecule has 3 amide bonds. The maximum Gasteiger partial charge on any atom is 0.247 e. The molecule has 0 aliphatic carbocycles. The zero-order valence-electron chi connectivity index (χ0n) is 23.3. The molecule has 212 valence electrons. The smallest absolute Gasteiger partial charge is 0.247 e. The number of nitrogens with zero attached hydrogens (tertiary/aromatic N) is 3. The Morgan fingerprint density at radius 1 is 1.15 bits per heavy atom. The van der Waals surface area contributed by atoms with E-state index in [4.69, 9.17) is 0 Å². The lowest BCUT2D eigenvalue weighted by Crippen LogP contribution is -2.57. The van der Waals surface area contributed by atoms with Gasteiger partial charge >= 0.3 is 0 Å². The fourth-order valence-electron chi connectivity index (χ4n) is 6.87. The molecule has 3 aliphatic rings. The van der Waals surface area contributed by atoms with Gasteiger partial charge < -0.3 is 19.8 Å². The van der Waals surface area contributed by atoms with Crippen LogP contribution in [0.25, 0.3) is 0 Å². The van der Waals surface area contributed by atoms with Gasteiger partial charge in [-0.25, -0.2) is 0 Å². The van der Waals surface area contributed by atoms with Crippen molar-refractivity contribution < 1.29 is 19.5 Å². The van der Waals surface area contributed by atoms with Crippen LogP contribution >= 0.6 is 11.8 Å². The number of aliphatic hydroxyl groups excluding tert-OH is 1. The highest BCUT2D eigenvalue weighted by Gasteiger charge is 2.74. The van der Waals surface area contributed by atoms with Crippen LogP contribution < -0.4 is 4.90 Å². The molecule has 1 spiro atoms. The van der Waals surface area contributed by atoms with Gasteiger partial charge in [-0.3, -0.25) is 14.4 Å². The van der Waals surface area contributed by atoms with Gasteiger partial charge in [0.25, 0.3) is 0 Å². The number of para-hydroxylation sites is 1. The molecule has 3 fully saturated rings. The van der Waals surface area contributed by atoms with E-state index in [2.05, 4.69) is 20.1 Å². The van der Waals surface area contributed by atoms with Crippen LogP contribution in [0.15, 0.2) is 55.6 Å². The quantitative estimate of drug-likeness (QED) is 0.275. The molecule has 0 radical (unpaired) electrons. The van der Waals surface area contributed by atoms with Crippen LogP contribution in [0.1, 0.15) is 52.4 Å². The summed E-state index contributed by atoms with van der Waals surface area (Å²) in [5.41, 5.74) is 0.772. The van der Waals surface area contributed by atoms with Crippen molar-refractivity contribution in [3.63, 3.8) is 0 Å². The van der Waals surface area contributed by atoms with E-state index in [1.807, 2.05) is 42.2 Å². The van der Waals surface area contributed by atoms with Gasteiger partial charge in [-0.2, -0.15) is 0 Å². The van der Waals surface area contributed by atoms with Crippen molar-refractivity contribution in [2.75, 3.05) is 31.1 Å². The molecule has 1 aromatic rings. The number of benzene rings is 1. The summed E-state index contributed by atoms with van der Waals surface area (Å²) in [4.78, 5) is 48.2. The van der Waals surface area contributed by atoms with Crippen LogP contribution in [-0.4, -0.2) is 80.9 Å². The first-order valence-electron chi connectivity index (χ1n) is 14.4. The topological polar surface area (TPSA) is 81.2 Å². The number of likely N-dealkylation sites (tertiary alicyclic amines) is 1. The van der Waals surface area contributed by atoms with Gasteiger partial charge in [0.2, 0.25) is 17.7 Å². The Hall–Kier alpha value is -2.58. The summed E-state index contributed by atoms with van der Waals surface area (Å²) in [6, 6.07) is 8.32. The van der Waals surface area contributed by atoms with Crippen LogP contribution in [0, 0.1) is 11.8 Å². The molecular weight excluding hydrogens is 510 g/mol. The largest absolute Gasteiger partial charge is 0.394 e. The summed E-state index contributed by atoms with van der Waals surface area (Å²) >= 11 is 1.67. The van der Waals surface area contributed by atoms with Crippen molar-refractivity contribution in [2.45, 2.75) is 74.5 Å². The summed E-state index contributed by atoms with van der Waals surface area (Å²) in [6.45, 7) is 12.9. The number of amides is 3. The molecule has 2 unspecified atom stereocenters. The maximum atomic E-state index is 14.4. The molecule has 0 saturated carbocycles. The van der Waals surface area contributed by atoms with Crippen LogP contribution in [-0.2, 0) is 14.4 Å². The van der Waals surface area contributed by atoms with E-state index in [9.17, 15) is 19.5 Å². The number of rotatable bonds is 14. The minimum Gasteiger partial charge on any atom is -0.394 e. The van der Waals surface area contributed by atoms with Crippen molar-refractivity contribution in [2.24, 2.45) is 11.8 Å². The van der Waals surface area contributed by atoms with E-state index in [1.165, 1.54) is 0 Å². The first kappa shape index (κ1) is 29.4. The summed E-state index contributed by atoms with van der Waals surface area (Å²) in [5, 5.41) is 10.3. The predicted molar refractivity (Wildman–Crippen MR) is 157 cm³/mol. The second-order valence-corrected chi connectivity index (χ2v) is 12.5. The van der Waals surface area contributed by atoms with Crippen LogP contribution in [0.4, 0.5) is 5.69 Å². The fourth-order valence-corrected chi connectivity index (χ4v) is 9.06. The highest BCUT2D eigenvalue weighted by molar-refractivity contribution is 8.02. The third-order valence-corrected chi connectivity index (χ3v) is 10.6. The second-order valence-electron chi connectivity index (χ2n) is 10.9. The molecule has 2 bridgehead atoms. The van der Waals surface area contributed by atoms with Gasteiger partial charge in [0.1, 0.15) is 6.04 Å². The van der Waals surface area contributed by atoms with E-state index in [1.54, 1.807) is 33.7 Å². The van der Waals surface area contributed by atoms with Crippen molar-refractivity contribution in [1.82, 2.24) is 9.80 Å². The zero-order chi connectivity index (χ0) is 28.2. The number of carbonyl (C=O) groups is 3. The summed E-state index contributed by atoms with van der Waals surface area (Å²) in [7, 11) is 0. The Bertz CT molecular complexity index is 1060. The molecule has 4 rings (SSSR count). The molecule has 39 heavy (non-hydrogen) atoms. The predicted octanol–water partition coefficient (Wildman–Crippen LogP) is 4.27. The van der Waals surface area contributed by atoms with Gasteiger partial charge in [0, 0.05) is 30.6 Å². The first-order chi connectivity index (χ1) is 18.9. The minimum atomic E-state index is -0.703.